The minimum absolute atomic E-state index is 0.194. The van der Waals surface area contributed by atoms with Crippen molar-refractivity contribution in [2.45, 2.75) is 52.1 Å². The molecule has 6 heteroatoms. The Balaban J connectivity index is 1.33. The van der Waals surface area contributed by atoms with E-state index in [0.29, 0.717) is 49.1 Å². The maximum atomic E-state index is 10.1. The quantitative estimate of drug-likeness (QED) is 0.721. The lowest BCUT2D eigenvalue weighted by atomic mass is 10.0. The predicted octanol–water partition coefficient (Wildman–Crippen LogP) is 5.23. The molecule has 0 bridgehead atoms. The third kappa shape index (κ3) is 3.22. The number of fused-ring (bicyclic) bond motifs is 2. The molecule has 2 unspecified atom stereocenters. The molecule has 0 radical (unpaired) electrons. The van der Waals surface area contributed by atoms with Crippen molar-refractivity contribution in [2.24, 2.45) is 0 Å². The van der Waals surface area contributed by atoms with Crippen molar-refractivity contribution in [1.29, 1.82) is 0 Å². The normalized spacial score (nSPS) is 22.6. The summed E-state index contributed by atoms with van der Waals surface area (Å²) in [5, 5.41) is 20.1. The summed E-state index contributed by atoms with van der Waals surface area (Å²) < 4.78 is 24.1. The molecular weight excluding hydrogens is 384 g/mol. The number of phenols is 2. The minimum atomic E-state index is -0.194. The summed E-state index contributed by atoms with van der Waals surface area (Å²) in [5.41, 5.74) is 3.63. The summed E-state index contributed by atoms with van der Waals surface area (Å²) in [6.07, 6.45) is 0.644. The maximum Gasteiger partial charge on any atom is 0.145 e. The highest BCUT2D eigenvalue weighted by Crippen LogP contribution is 2.44. The van der Waals surface area contributed by atoms with Crippen molar-refractivity contribution >= 4 is 0 Å². The minimum Gasteiger partial charge on any atom is -0.508 e. The molecule has 0 aliphatic carbocycles. The van der Waals surface area contributed by atoms with Gasteiger partial charge in [-0.05, 0) is 37.1 Å². The standard InChI is InChI=1S/C24H24O6/c1-13-21(9-23-15-5-3-7-19(25)17(15)11-27-23)30-22(14(2)29-13)10-24-16-6-4-8-20(26)18(16)12-28-24/h3-8,23-26H,9-12H2,1-2H3. The largest absolute Gasteiger partial charge is 0.508 e. The molecule has 0 aromatic heterocycles. The van der Waals surface area contributed by atoms with E-state index < -0.39 is 0 Å². The van der Waals surface area contributed by atoms with Gasteiger partial charge in [-0.3, -0.25) is 0 Å². The first kappa shape index (κ1) is 19.0. The van der Waals surface area contributed by atoms with E-state index in [1.807, 2.05) is 38.1 Å². The fraction of sp³-hybridized carbons (Fsp3) is 0.333. The van der Waals surface area contributed by atoms with Gasteiger partial charge in [0.2, 0.25) is 0 Å². The van der Waals surface area contributed by atoms with Crippen LogP contribution in [-0.4, -0.2) is 10.2 Å². The van der Waals surface area contributed by atoms with Crippen molar-refractivity contribution in [3.63, 3.8) is 0 Å². The summed E-state index contributed by atoms with van der Waals surface area (Å²) in [4.78, 5) is 0. The Morgan fingerprint density at radius 1 is 0.733 bits per heavy atom. The number of benzene rings is 2. The Hall–Kier alpha value is -2.96. The highest BCUT2D eigenvalue weighted by molar-refractivity contribution is 5.43. The third-order valence-corrected chi connectivity index (χ3v) is 6.01. The highest BCUT2D eigenvalue weighted by Gasteiger charge is 2.32. The number of ether oxygens (including phenoxy) is 4. The first-order valence-electron chi connectivity index (χ1n) is 10.1. The first-order chi connectivity index (χ1) is 14.5. The summed E-state index contributed by atoms with van der Waals surface area (Å²) in [6.45, 7) is 4.54. The third-order valence-electron chi connectivity index (χ3n) is 6.01. The molecule has 2 aromatic rings. The second-order valence-electron chi connectivity index (χ2n) is 7.86. The fourth-order valence-electron chi connectivity index (χ4n) is 4.33. The van der Waals surface area contributed by atoms with Crippen LogP contribution >= 0.6 is 0 Å². The Morgan fingerprint density at radius 3 is 1.67 bits per heavy atom. The fourth-order valence-corrected chi connectivity index (χ4v) is 4.33. The first-order valence-corrected chi connectivity index (χ1v) is 10.1. The predicted molar refractivity (Wildman–Crippen MR) is 108 cm³/mol. The van der Waals surface area contributed by atoms with E-state index in [0.717, 1.165) is 22.3 Å². The van der Waals surface area contributed by atoms with E-state index >= 15 is 0 Å². The molecule has 0 fully saturated rings. The van der Waals surface area contributed by atoms with Crippen LogP contribution in [0.3, 0.4) is 0 Å². The van der Waals surface area contributed by atoms with Gasteiger partial charge in [-0.25, -0.2) is 0 Å². The molecule has 3 aliphatic heterocycles. The van der Waals surface area contributed by atoms with Gasteiger partial charge < -0.3 is 29.2 Å². The van der Waals surface area contributed by atoms with Gasteiger partial charge in [0, 0.05) is 24.0 Å². The average molecular weight is 408 g/mol. The van der Waals surface area contributed by atoms with Crippen LogP contribution in [0.4, 0.5) is 0 Å². The van der Waals surface area contributed by atoms with Gasteiger partial charge in [0.1, 0.15) is 34.5 Å². The SMILES string of the molecule is CC1=C(CC2OCc3c(O)cccc32)OC(CC2OCc3c(O)cccc32)=C(C)O1. The van der Waals surface area contributed by atoms with Gasteiger partial charge in [0.25, 0.3) is 0 Å². The smallest absolute Gasteiger partial charge is 0.145 e. The summed E-state index contributed by atoms with van der Waals surface area (Å²) in [5.74, 6) is 3.37. The lowest BCUT2D eigenvalue weighted by Crippen LogP contribution is -2.13. The summed E-state index contributed by atoms with van der Waals surface area (Å²) in [7, 11) is 0. The molecule has 0 saturated carbocycles. The molecule has 156 valence electrons. The van der Waals surface area contributed by atoms with Gasteiger partial charge in [0.05, 0.1) is 25.4 Å². The van der Waals surface area contributed by atoms with Crippen molar-refractivity contribution < 1.29 is 29.2 Å². The Labute approximate surface area is 175 Å². The zero-order valence-electron chi connectivity index (χ0n) is 17.0. The zero-order chi connectivity index (χ0) is 20.8. The Bertz CT molecular complexity index is 984. The number of hydrogen-bond donors (Lipinski definition) is 2. The zero-order valence-corrected chi connectivity index (χ0v) is 17.0. The second-order valence-corrected chi connectivity index (χ2v) is 7.86. The molecule has 0 amide bonds. The molecule has 6 nitrogen and oxygen atoms in total. The lowest BCUT2D eigenvalue weighted by molar-refractivity contribution is 0.0348. The molecule has 2 atom stereocenters. The van der Waals surface area contributed by atoms with E-state index in [1.165, 1.54) is 0 Å². The van der Waals surface area contributed by atoms with Crippen molar-refractivity contribution in [3.05, 3.63) is 81.7 Å². The van der Waals surface area contributed by atoms with Crippen LogP contribution in [-0.2, 0) is 32.2 Å². The van der Waals surface area contributed by atoms with Gasteiger partial charge in [-0.1, -0.05) is 24.3 Å². The van der Waals surface area contributed by atoms with E-state index in [9.17, 15) is 10.2 Å². The van der Waals surface area contributed by atoms with Crippen molar-refractivity contribution in [1.82, 2.24) is 0 Å². The van der Waals surface area contributed by atoms with E-state index in [4.69, 9.17) is 18.9 Å². The van der Waals surface area contributed by atoms with Gasteiger partial charge >= 0.3 is 0 Å². The number of allylic oxidation sites excluding steroid dienone is 2. The van der Waals surface area contributed by atoms with Crippen LogP contribution in [0.1, 0.15) is 61.2 Å². The Kier molecular flexibility index (Phi) is 4.68. The molecular formula is C24H24O6. The van der Waals surface area contributed by atoms with Crippen LogP contribution < -0.4 is 0 Å². The van der Waals surface area contributed by atoms with Crippen LogP contribution in [0, 0.1) is 0 Å². The molecule has 0 saturated heterocycles. The molecule has 5 rings (SSSR count). The van der Waals surface area contributed by atoms with Crippen molar-refractivity contribution in [2.75, 3.05) is 0 Å². The number of aromatic hydroxyl groups is 2. The lowest BCUT2D eigenvalue weighted by Gasteiger charge is -2.26. The molecule has 0 spiro atoms. The number of rotatable bonds is 4. The van der Waals surface area contributed by atoms with E-state index in [1.54, 1.807) is 12.1 Å². The van der Waals surface area contributed by atoms with E-state index in [-0.39, 0.29) is 23.7 Å². The highest BCUT2D eigenvalue weighted by atomic mass is 16.6. The topological polar surface area (TPSA) is 77.4 Å². The van der Waals surface area contributed by atoms with Crippen LogP contribution in [0.2, 0.25) is 0 Å². The van der Waals surface area contributed by atoms with Gasteiger partial charge in [0.15, 0.2) is 0 Å². The van der Waals surface area contributed by atoms with Crippen LogP contribution in [0.25, 0.3) is 0 Å². The molecule has 3 heterocycles. The van der Waals surface area contributed by atoms with Crippen molar-refractivity contribution in [3.8, 4) is 11.5 Å². The second kappa shape index (κ2) is 7.38. The molecule has 2 N–H and O–H groups in total. The summed E-state index contributed by atoms with van der Waals surface area (Å²) >= 11 is 0. The monoisotopic (exact) mass is 408 g/mol. The van der Waals surface area contributed by atoms with Crippen LogP contribution in [0.15, 0.2) is 59.4 Å². The van der Waals surface area contributed by atoms with Gasteiger partial charge in [-0.15, -0.1) is 0 Å². The van der Waals surface area contributed by atoms with Gasteiger partial charge in [-0.2, -0.15) is 0 Å². The average Bonchev–Trinajstić information content (AvgIpc) is 3.32. The van der Waals surface area contributed by atoms with Crippen LogP contribution in [0.5, 0.6) is 11.5 Å². The number of phenolic OH excluding ortho intramolecular Hbond substituents is 2. The summed E-state index contributed by atoms with van der Waals surface area (Å²) in [6, 6.07) is 11.0. The molecule has 2 aromatic carbocycles. The van der Waals surface area contributed by atoms with E-state index in [2.05, 4.69) is 0 Å². The number of hydrogen-bond acceptors (Lipinski definition) is 6. The maximum absolute atomic E-state index is 10.1. The molecule has 30 heavy (non-hydrogen) atoms. The molecule has 3 aliphatic rings. The Morgan fingerprint density at radius 2 is 1.20 bits per heavy atom.